The fraction of sp³-hybridized carbons (Fsp3) is 0.889. The molecule has 0 saturated carbocycles. The van der Waals surface area contributed by atoms with Crippen molar-refractivity contribution in [2.45, 2.75) is 38.3 Å². The molecular formula is C9H18ClNO3. The van der Waals surface area contributed by atoms with Gasteiger partial charge in [0.2, 0.25) is 0 Å². The Kier molecular flexibility index (Phi) is 7.84. The van der Waals surface area contributed by atoms with E-state index in [1.807, 2.05) is 6.92 Å². The van der Waals surface area contributed by atoms with Gasteiger partial charge < -0.3 is 15.6 Å². The Morgan fingerprint density at radius 3 is 2.64 bits per heavy atom. The van der Waals surface area contributed by atoms with Gasteiger partial charge in [0.25, 0.3) is 0 Å². The predicted octanol–water partition coefficient (Wildman–Crippen LogP) is 1.21. The molecule has 14 heavy (non-hydrogen) atoms. The molecule has 0 aromatic heterocycles. The normalized spacial score (nSPS) is 15.1. The highest BCUT2D eigenvalue weighted by atomic mass is 35.5. The zero-order valence-corrected chi connectivity index (χ0v) is 9.17. The SMILES string of the molecule is CCCC(OCC(=O)O)C(N)CCCl. The number of halogens is 1. The monoisotopic (exact) mass is 223 g/mol. The molecule has 0 aliphatic rings. The molecule has 84 valence electrons. The van der Waals surface area contributed by atoms with Crippen LogP contribution < -0.4 is 5.73 Å². The number of aliphatic carboxylic acids is 1. The van der Waals surface area contributed by atoms with Crippen LogP contribution in [0.4, 0.5) is 0 Å². The maximum Gasteiger partial charge on any atom is 0.329 e. The quantitative estimate of drug-likeness (QED) is 0.607. The number of alkyl halides is 1. The van der Waals surface area contributed by atoms with Gasteiger partial charge in [-0.3, -0.25) is 0 Å². The Balaban J connectivity index is 3.92. The minimum atomic E-state index is -0.968. The van der Waals surface area contributed by atoms with E-state index in [2.05, 4.69) is 0 Å². The van der Waals surface area contributed by atoms with Crippen LogP contribution in [0.25, 0.3) is 0 Å². The molecule has 0 rings (SSSR count). The highest BCUT2D eigenvalue weighted by Gasteiger charge is 2.18. The van der Waals surface area contributed by atoms with Crippen LogP contribution in [0, 0.1) is 0 Å². The van der Waals surface area contributed by atoms with Crippen molar-refractivity contribution in [2.24, 2.45) is 5.73 Å². The standard InChI is InChI=1S/C9H18ClNO3/c1-2-3-8(7(11)4-5-10)14-6-9(12)13/h7-8H,2-6,11H2,1H3,(H,12,13). The van der Waals surface area contributed by atoms with E-state index in [9.17, 15) is 4.79 Å². The zero-order chi connectivity index (χ0) is 11.0. The van der Waals surface area contributed by atoms with Crippen molar-refractivity contribution in [3.8, 4) is 0 Å². The number of hydrogen-bond acceptors (Lipinski definition) is 3. The van der Waals surface area contributed by atoms with E-state index in [1.54, 1.807) is 0 Å². The molecule has 0 bridgehead atoms. The summed E-state index contributed by atoms with van der Waals surface area (Å²) in [6, 6.07) is -0.174. The van der Waals surface area contributed by atoms with Crippen LogP contribution in [-0.2, 0) is 9.53 Å². The summed E-state index contributed by atoms with van der Waals surface area (Å²) in [5.74, 6) is -0.498. The Labute approximate surface area is 89.4 Å². The summed E-state index contributed by atoms with van der Waals surface area (Å²) in [5.41, 5.74) is 5.80. The summed E-state index contributed by atoms with van der Waals surface area (Å²) in [6.45, 7) is 1.71. The van der Waals surface area contributed by atoms with E-state index in [1.165, 1.54) is 0 Å². The van der Waals surface area contributed by atoms with Gasteiger partial charge in [0.15, 0.2) is 0 Å². The molecule has 0 spiro atoms. The lowest BCUT2D eigenvalue weighted by atomic mass is 10.1. The summed E-state index contributed by atoms with van der Waals surface area (Å²) in [6.07, 6.45) is 2.13. The van der Waals surface area contributed by atoms with Crippen LogP contribution in [0.15, 0.2) is 0 Å². The summed E-state index contributed by atoms with van der Waals surface area (Å²) >= 11 is 5.55. The molecule has 4 nitrogen and oxygen atoms in total. The van der Waals surface area contributed by atoms with Crippen molar-refractivity contribution in [1.29, 1.82) is 0 Å². The Bertz CT molecular complexity index is 166. The van der Waals surface area contributed by atoms with Crippen LogP contribution in [0.2, 0.25) is 0 Å². The third kappa shape index (κ3) is 6.18. The lowest BCUT2D eigenvalue weighted by Crippen LogP contribution is -2.38. The minimum absolute atomic E-state index is 0.174. The van der Waals surface area contributed by atoms with E-state index in [0.717, 1.165) is 12.8 Å². The number of hydrogen-bond donors (Lipinski definition) is 2. The molecule has 0 amide bonds. The molecule has 2 atom stereocenters. The van der Waals surface area contributed by atoms with E-state index in [4.69, 9.17) is 27.2 Å². The molecule has 0 aromatic rings. The third-order valence-corrected chi connectivity index (χ3v) is 2.13. The number of carbonyl (C=O) groups is 1. The van der Waals surface area contributed by atoms with Gasteiger partial charge in [-0.2, -0.15) is 0 Å². The van der Waals surface area contributed by atoms with E-state index in [0.29, 0.717) is 12.3 Å². The molecular weight excluding hydrogens is 206 g/mol. The van der Waals surface area contributed by atoms with Gasteiger partial charge in [-0.25, -0.2) is 4.79 Å². The Hall–Kier alpha value is -0.320. The number of carboxylic acid groups (broad SMARTS) is 1. The van der Waals surface area contributed by atoms with Crippen LogP contribution in [0.5, 0.6) is 0 Å². The average Bonchev–Trinajstić information content (AvgIpc) is 2.12. The molecule has 0 aliphatic carbocycles. The second-order valence-corrected chi connectivity index (χ2v) is 3.55. The molecule has 0 fully saturated rings. The molecule has 0 saturated heterocycles. The summed E-state index contributed by atoms with van der Waals surface area (Å²) < 4.78 is 5.18. The minimum Gasteiger partial charge on any atom is -0.480 e. The maximum atomic E-state index is 10.3. The second kappa shape index (κ2) is 8.03. The molecule has 5 heteroatoms. The molecule has 0 heterocycles. The van der Waals surface area contributed by atoms with Crippen LogP contribution in [0.3, 0.4) is 0 Å². The second-order valence-electron chi connectivity index (χ2n) is 3.17. The topological polar surface area (TPSA) is 72.5 Å². The molecule has 3 N–H and O–H groups in total. The van der Waals surface area contributed by atoms with E-state index >= 15 is 0 Å². The third-order valence-electron chi connectivity index (χ3n) is 1.91. The first-order valence-electron chi connectivity index (χ1n) is 4.76. The first kappa shape index (κ1) is 13.7. The van der Waals surface area contributed by atoms with Gasteiger partial charge in [0, 0.05) is 11.9 Å². The number of ether oxygens (including phenoxy) is 1. The molecule has 0 radical (unpaired) electrons. The molecule has 2 unspecified atom stereocenters. The first-order chi connectivity index (χ1) is 6.61. The van der Waals surface area contributed by atoms with Gasteiger partial charge in [0.1, 0.15) is 6.61 Å². The van der Waals surface area contributed by atoms with E-state index < -0.39 is 5.97 Å². The molecule has 0 aliphatic heterocycles. The highest BCUT2D eigenvalue weighted by molar-refractivity contribution is 6.17. The van der Waals surface area contributed by atoms with Crippen molar-refractivity contribution >= 4 is 17.6 Å². The van der Waals surface area contributed by atoms with Crippen molar-refractivity contribution in [3.05, 3.63) is 0 Å². The smallest absolute Gasteiger partial charge is 0.329 e. The van der Waals surface area contributed by atoms with Crippen LogP contribution in [-0.4, -0.2) is 35.7 Å². The van der Waals surface area contributed by atoms with Crippen molar-refractivity contribution in [3.63, 3.8) is 0 Å². The fourth-order valence-corrected chi connectivity index (χ4v) is 1.45. The Morgan fingerprint density at radius 1 is 1.57 bits per heavy atom. The van der Waals surface area contributed by atoms with Gasteiger partial charge in [0.05, 0.1) is 6.10 Å². The first-order valence-corrected chi connectivity index (χ1v) is 5.30. The van der Waals surface area contributed by atoms with Crippen molar-refractivity contribution in [2.75, 3.05) is 12.5 Å². The van der Waals surface area contributed by atoms with Crippen LogP contribution >= 0.6 is 11.6 Å². The summed E-state index contributed by atoms with van der Waals surface area (Å²) in [7, 11) is 0. The van der Waals surface area contributed by atoms with Gasteiger partial charge in [-0.15, -0.1) is 11.6 Å². The molecule has 0 aromatic carbocycles. The van der Waals surface area contributed by atoms with Gasteiger partial charge in [-0.1, -0.05) is 13.3 Å². The van der Waals surface area contributed by atoms with Gasteiger partial charge >= 0.3 is 5.97 Å². The lowest BCUT2D eigenvalue weighted by molar-refractivity contribution is -0.145. The van der Waals surface area contributed by atoms with E-state index in [-0.39, 0.29) is 18.8 Å². The zero-order valence-electron chi connectivity index (χ0n) is 8.41. The lowest BCUT2D eigenvalue weighted by Gasteiger charge is -2.22. The van der Waals surface area contributed by atoms with Crippen LogP contribution in [0.1, 0.15) is 26.2 Å². The highest BCUT2D eigenvalue weighted by Crippen LogP contribution is 2.09. The number of carboxylic acids is 1. The number of rotatable bonds is 8. The summed E-state index contributed by atoms with van der Waals surface area (Å²) in [5, 5.41) is 8.45. The maximum absolute atomic E-state index is 10.3. The van der Waals surface area contributed by atoms with Crippen molar-refractivity contribution < 1.29 is 14.6 Å². The number of nitrogens with two attached hydrogens (primary N) is 1. The summed E-state index contributed by atoms with van der Waals surface area (Å²) in [4.78, 5) is 10.3. The Morgan fingerprint density at radius 2 is 2.21 bits per heavy atom. The largest absolute Gasteiger partial charge is 0.480 e. The van der Waals surface area contributed by atoms with Crippen molar-refractivity contribution in [1.82, 2.24) is 0 Å². The predicted molar refractivity (Wildman–Crippen MR) is 55.6 cm³/mol. The average molecular weight is 224 g/mol. The fourth-order valence-electron chi connectivity index (χ4n) is 1.20. The van der Waals surface area contributed by atoms with Gasteiger partial charge in [-0.05, 0) is 12.8 Å².